The van der Waals surface area contributed by atoms with Gasteiger partial charge in [0.05, 0.1) is 12.0 Å². The van der Waals surface area contributed by atoms with Crippen molar-refractivity contribution >= 4 is 17.4 Å². The highest BCUT2D eigenvalue weighted by Crippen LogP contribution is 2.22. The Bertz CT molecular complexity index is 1090. The number of rotatable bonds is 4. The van der Waals surface area contributed by atoms with Gasteiger partial charge in [-0.1, -0.05) is 5.16 Å². The predicted molar refractivity (Wildman–Crippen MR) is 102 cm³/mol. The van der Waals surface area contributed by atoms with Crippen LogP contribution in [0.25, 0.3) is 17.2 Å². The molecule has 0 bridgehead atoms. The molecule has 4 aromatic rings. The molecule has 0 saturated carbocycles. The Hall–Kier alpha value is -3.40. The van der Waals surface area contributed by atoms with E-state index in [0.717, 1.165) is 49.8 Å². The molecule has 0 unspecified atom stereocenters. The van der Waals surface area contributed by atoms with E-state index >= 15 is 0 Å². The molecular formula is C18H20N8O2. The van der Waals surface area contributed by atoms with Gasteiger partial charge in [0.25, 0.3) is 0 Å². The highest BCUT2D eigenvalue weighted by atomic mass is 16.5. The quantitative estimate of drug-likeness (QED) is 0.563. The summed E-state index contributed by atoms with van der Waals surface area (Å²) < 4.78 is 11.9. The fourth-order valence-electron chi connectivity index (χ4n) is 3.41. The van der Waals surface area contributed by atoms with Crippen LogP contribution in [0.5, 0.6) is 0 Å². The van der Waals surface area contributed by atoms with Crippen molar-refractivity contribution in [1.82, 2.24) is 29.6 Å². The molecule has 0 aliphatic carbocycles. The molecule has 0 aromatic carbocycles. The Morgan fingerprint density at radius 1 is 1.18 bits per heavy atom. The molecule has 0 radical (unpaired) electrons. The van der Waals surface area contributed by atoms with Gasteiger partial charge in [-0.15, -0.1) is 5.10 Å². The molecular weight excluding hydrogens is 360 g/mol. The highest BCUT2D eigenvalue weighted by molar-refractivity contribution is 5.59. The lowest BCUT2D eigenvalue weighted by Gasteiger charge is -2.35. The lowest BCUT2D eigenvalue weighted by Crippen LogP contribution is -2.46. The molecule has 0 atom stereocenters. The first-order valence-electron chi connectivity index (χ1n) is 9.12. The molecule has 4 aromatic heterocycles. The van der Waals surface area contributed by atoms with E-state index in [4.69, 9.17) is 14.7 Å². The number of hydrogen-bond acceptors (Lipinski definition) is 9. The summed E-state index contributed by atoms with van der Waals surface area (Å²) in [6.45, 7) is 6.35. The topological polar surface area (TPSA) is 115 Å². The third-order valence-corrected chi connectivity index (χ3v) is 5.02. The van der Waals surface area contributed by atoms with Crippen LogP contribution in [0.1, 0.15) is 11.3 Å². The van der Waals surface area contributed by atoms with Crippen molar-refractivity contribution in [1.29, 1.82) is 0 Å². The Labute approximate surface area is 160 Å². The third-order valence-electron chi connectivity index (χ3n) is 5.02. The van der Waals surface area contributed by atoms with E-state index in [0.29, 0.717) is 23.2 Å². The molecule has 1 saturated heterocycles. The second kappa shape index (κ2) is 6.64. The number of anilines is 2. The Morgan fingerprint density at radius 3 is 2.75 bits per heavy atom. The van der Waals surface area contributed by atoms with Crippen LogP contribution < -0.4 is 10.6 Å². The van der Waals surface area contributed by atoms with Gasteiger partial charge in [-0.05, 0) is 19.1 Å². The molecule has 2 N–H and O–H groups in total. The molecule has 0 amide bonds. The Balaban J connectivity index is 1.33. The fraction of sp³-hybridized carbons (Fsp3) is 0.333. The molecule has 28 heavy (non-hydrogen) atoms. The second-order valence-electron chi connectivity index (χ2n) is 6.84. The SMILES string of the molecule is Cc1nocc1CN1CCN(c2cc3nc(-c4ccco4)nn3c(N)n2)CC1. The minimum absolute atomic E-state index is 0.306. The first-order valence-corrected chi connectivity index (χ1v) is 9.12. The van der Waals surface area contributed by atoms with Crippen LogP contribution in [0, 0.1) is 6.92 Å². The van der Waals surface area contributed by atoms with Gasteiger partial charge in [-0.25, -0.2) is 4.98 Å². The van der Waals surface area contributed by atoms with Crippen LogP contribution in [-0.4, -0.2) is 55.8 Å². The predicted octanol–water partition coefficient (Wildman–Crippen LogP) is 1.59. The average molecular weight is 380 g/mol. The zero-order valence-corrected chi connectivity index (χ0v) is 15.4. The van der Waals surface area contributed by atoms with Gasteiger partial charge in [0.2, 0.25) is 11.8 Å². The van der Waals surface area contributed by atoms with Gasteiger partial charge in [0.15, 0.2) is 11.4 Å². The monoisotopic (exact) mass is 380 g/mol. The van der Waals surface area contributed by atoms with Gasteiger partial charge < -0.3 is 19.6 Å². The lowest BCUT2D eigenvalue weighted by atomic mass is 10.2. The van der Waals surface area contributed by atoms with E-state index < -0.39 is 0 Å². The summed E-state index contributed by atoms with van der Waals surface area (Å²) >= 11 is 0. The van der Waals surface area contributed by atoms with Crippen molar-refractivity contribution in [3.8, 4) is 11.6 Å². The maximum Gasteiger partial charge on any atom is 0.225 e. The molecule has 5 rings (SSSR count). The summed E-state index contributed by atoms with van der Waals surface area (Å²) in [4.78, 5) is 13.7. The van der Waals surface area contributed by atoms with E-state index in [2.05, 4.69) is 30.0 Å². The van der Waals surface area contributed by atoms with Gasteiger partial charge in [0.1, 0.15) is 12.1 Å². The molecule has 10 nitrogen and oxygen atoms in total. The minimum atomic E-state index is 0.306. The maximum absolute atomic E-state index is 6.13. The van der Waals surface area contributed by atoms with Gasteiger partial charge >= 0.3 is 0 Å². The minimum Gasteiger partial charge on any atom is -0.461 e. The second-order valence-corrected chi connectivity index (χ2v) is 6.84. The summed E-state index contributed by atoms with van der Waals surface area (Å²) in [5.41, 5.74) is 8.85. The largest absolute Gasteiger partial charge is 0.461 e. The van der Waals surface area contributed by atoms with Crippen molar-refractivity contribution in [3.05, 3.63) is 42.0 Å². The summed E-state index contributed by atoms with van der Waals surface area (Å²) in [7, 11) is 0. The van der Waals surface area contributed by atoms with Crippen molar-refractivity contribution in [2.45, 2.75) is 13.5 Å². The van der Waals surface area contributed by atoms with Crippen LogP contribution in [0.4, 0.5) is 11.8 Å². The van der Waals surface area contributed by atoms with Gasteiger partial charge in [0, 0.05) is 44.4 Å². The number of nitrogens with zero attached hydrogens (tertiary/aromatic N) is 7. The van der Waals surface area contributed by atoms with E-state index in [9.17, 15) is 0 Å². The third kappa shape index (κ3) is 2.97. The standard InChI is InChI=1S/C18H20N8O2/c1-12-13(11-28-23-12)10-24-4-6-25(7-5-24)15-9-16-20-17(14-3-2-8-27-14)22-26(16)18(19)21-15/h2-3,8-9,11H,4-7,10H2,1H3,(H2,19,21). The number of nitrogens with two attached hydrogens (primary N) is 1. The molecule has 1 aliphatic heterocycles. The number of furan rings is 1. The number of aryl methyl sites for hydroxylation is 1. The highest BCUT2D eigenvalue weighted by Gasteiger charge is 2.21. The van der Waals surface area contributed by atoms with Crippen molar-refractivity contribution in [2.24, 2.45) is 0 Å². The zero-order valence-electron chi connectivity index (χ0n) is 15.4. The zero-order chi connectivity index (χ0) is 19.1. The van der Waals surface area contributed by atoms with E-state index in [1.807, 2.05) is 19.1 Å². The van der Waals surface area contributed by atoms with Crippen LogP contribution in [0.2, 0.25) is 0 Å². The molecule has 5 heterocycles. The summed E-state index contributed by atoms with van der Waals surface area (Å²) in [5.74, 6) is 2.20. The molecule has 144 valence electrons. The summed E-state index contributed by atoms with van der Waals surface area (Å²) in [6, 6.07) is 5.53. The summed E-state index contributed by atoms with van der Waals surface area (Å²) in [6.07, 6.45) is 3.31. The van der Waals surface area contributed by atoms with Crippen molar-refractivity contribution < 1.29 is 8.94 Å². The smallest absolute Gasteiger partial charge is 0.225 e. The van der Waals surface area contributed by atoms with E-state index in [1.54, 1.807) is 18.6 Å². The molecule has 0 spiro atoms. The summed E-state index contributed by atoms with van der Waals surface area (Å²) in [5, 5.41) is 8.33. The molecule has 10 heteroatoms. The first-order chi connectivity index (χ1) is 13.7. The number of fused-ring (bicyclic) bond motifs is 1. The van der Waals surface area contributed by atoms with Crippen LogP contribution >= 0.6 is 0 Å². The van der Waals surface area contributed by atoms with Crippen LogP contribution in [-0.2, 0) is 6.54 Å². The van der Waals surface area contributed by atoms with Gasteiger partial charge in [-0.3, -0.25) is 4.90 Å². The normalized spacial score (nSPS) is 15.5. The molecule has 1 fully saturated rings. The number of aromatic nitrogens is 5. The number of hydrogen-bond donors (Lipinski definition) is 1. The maximum atomic E-state index is 6.13. The van der Waals surface area contributed by atoms with E-state index in [-0.39, 0.29) is 0 Å². The van der Waals surface area contributed by atoms with Crippen LogP contribution in [0.15, 0.2) is 39.7 Å². The Kier molecular flexibility index (Phi) is 3.97. The van der Waals surface area contributed by atoms with Crippen LogP contribution in [0.3, 0.4) is 0 Å². The first kappa shape index (κ1) is 16.8. The average Bonchev–Trinajstić information content (AvgIpc) is 3.43. The van der Waals surface area contributed by atoms with Crippen molar-refractivity contribution in [2.75, 3.05) is 36.8 Å². The number of nitrogen functional groups attached to an aromatic ring is 1. The Morgan fingerprint density at radius 2 is 2.04 bits per heavy atom. The lowest BCUT2D eigenvalue weighted by molar-refractivity contribution is 0.248. The fourth-order valence-corrected chi connectivity index (χ4v) is 3.41. The van der Waals surface area contributed by atoms with E-state index in [1.165, 1.54) is 4.52 Å². The number of piperazine rings is 1. The molecule has 1 aliphatic rings. The van der Waals surface area contributed by atoms with Gasteiger partial charge in [-0.2, -0.15) is 9.50 Å². The van der Waals surface area contributed by atoms with Crippen molar-refractivity contribution in [3.63, 3.8) is 0 Å².